The van der Waals surface area contributed by atoms with Crippen LogP contribution in [0.15, 0.2) is 72.8 Å². The van der Waals surface area contributed by atoms with Crippen molar-refractivity contribution in [1.29, 1.82) is 0 Å². The summed E-state index contributed by atoms with van der Waals surface area (Å²) in [5.41, 5.74) is 6.10. The van der Waals surface area contributed by atoms with E-state index >= 15 is 0 Å². The van der Waals surface area contributed by atoms with Crippen LogP contribution in [0, 0.1) is 6.92 Å². The molecule has 0 fully saturated rings. The van der Waals surface area contributed by atoms with Crippen molar-refractivity contribution in [3.63, 3.8) is 0 Å². The zero-order valence-electron chi connectivity index (χ0n) is 16.9. The van der Waals surface area contributed by atoms with E-state index in [1.165, 1.54) is 16.7 Å². The average Bonchev–Trinajstić information content (AvgIpc) is 2.67. The monoisotopic (exact) mass is 376 g/mol. The predicted molar refractivity (Wildman–Crippen MR) is 120 cm³/mol. The summed E-state index contributed by atoms with van der Waals surface area (Å²) < 4.78 is 14.1. The van der Waals surface area contributed by atoms with Gasteiger partial charge in [0.05, 0.1) is 0 Å². The van der Waals surface area contributed by atoms with Gasteiger partial charge in [-0.3, -0.25) is 0 Å². The standard InChI is InChI=1S/C25H29OP/c1-18(2)27(26,19(3)4)25-14-10-9-13-23(25)22-16-15-20(5)17-24(22)21-11-7-6-8-12-21/h6-19H,1-5H3. The van der Waals surface area contributed by atoms with Crippen LogP contribution in [-0.4, -0.2) is 11.3 Å². The molecule has 0 N–H and O–H groups in total. The van der Waals surface area contributed by atoms with Crippen molar-refractivity contribution in [2.24, 2.45) is 0 Å². The van der Waals surface area contributed by atoms with E-state index in [1.807, 2.05) is 12.1 Å². The maximum absolute atomic E-state index is 14.1. The molecule has 3 rings (SSSR count). The van der Waals surface area contributed by atoms with E-state index in [4.69, 9.17) is 0 Å². The first kappa shape index (κ1) is 19.6. The molecule has 1 nitrogen and oxygen atoms in total. The largest absolute Gasteiger partial charge is 0.318 e. The summed E-state index contributed by atoms with van der Waals surface area (Å²) in [6.07, 6.45) is 0. The van der Waals surface area contributed by atoms with E-state index in [0.29, 0.717) is 0 Å². The van der Waals surface area contributed by atoms with Gasteiger partial charge in [0.15, 0.2) is 0 Å². The van der Waals surface area contributed by atoms with Crippen LogP contribution in [0.4, 0.5) is 0 Å². The fourth-order valence-electron chi connectivity index (χ4n) is 3.91. The second-order valence-electron chi connectivity index (χ2n) is 7.83. The molecule has 3 aromatic rings. The predicted octanol–water partition coefficient (Wildman–Crippen LogP) is 7.13. The Balaban J connectivity index is 2.31. The molecule has 3 aromatic carbocycles. The molecule has 0 bridgehead atoms. The van der Waals surface area contributed by atoms with Crippen LogP contribution in [0.25, 0.3) is 22.3 Å². The van der Waals surface area contributed by atoms with Gasteiger partial charge < -0.3 is 4.57 Å². The smallest absolute Gasteiger partial charge is 0.121 e. The molecule has 0 aliphatic carbocycles. The zero-order valence-corrected chi connectivity index (χ0v) is 17.8. The highest BCUT2D eigenvalue weighted by molar-refractivity contribution is 7.73. The Labute approximate surface area is 163 Å². The van der Waals surface area contributed by atoms with Gasteiger partial charge in [-0.1, -0.05) is 106 Å². The van der Waals surface area contributed by atoms with Gasteiger partial charge in [0, 0.05) is 16.6 Å². The summed E-state index contributed by atoms with van der Waals surface area (Å²) in [4.78, 5) is 0. The molecule has 0 heterocycles. The van der Waals surface area contributed by atoms with E-state index in [1.54, 1.807) is 0 Å². The van der Waals surface area contributed by atoms with Crippen molar-refractivity contribution >= 4 is 12.4 Å². The van der Waals surface area contributed by atoms with Crippen molar-refractivity contribution in [2.45, 2.75) is 45.9 Å². The summed E-state index contributed by atoms with van der Waals surface area (Å²) in [5.74, 6) is 0. The minimum absolute atomic E-state index is 0.115. The molecule has 0 aliphatic rings. The molecule has 0 saturated carbocycles. The molecule has 0 aromatic heterocycles. The van der Waals surface area contributed by atoms with Crippen LogP contribution in [0.5, 0.6) is 0 Å². The lowest BCUT2D eigenvalue weighted by Gasteiger charge is -2.29. The normalized spacial score (nSPS) is 12.0. The van der Waals surface area contributed by atoms with E-state index in [0.717, 1.165) is 16.4 Å². The fraction of sp³-hybridized carbons (Fsp3) is 0.280. The maximum atomic E-state index is 14.1. The van der Waals surface area contributed by atoms with Gasteiger partial charge in [0.2, 0.25) is 0 Å². The average molecular weight is 376 g/mol. The fourth-order valence-corrected chi connectivity index (χ4v) is 7.10. The van der Waals surface area contributed by atoms with E-state index < -0.39 is 7.14 Å². The number of rotatable bonds is 5. The third-order valence-electron chi connectivity index (χ3n) is 5.36. The third kappa shape index (κ3) is 3.66. The molecular formula is C25H29OP. The number of benzene rings is 3. The van der Waals surface area contributed by atoms with E-state index in [9.17, 15) is 4.57 Å². The molecule has 2 heteroatoms. The van der Waals surface area contributed by atoms with Gasteiger partial charge in [-0.15, -0.1) is 0 Å². The van der Waals surface area contributed by atoms with Gasteiger partial charge >= 0.3 is 0 Å². The van der Waals surface area contributed by atoms with Crippen molar-refractivity contribution < 1.29 is 4.57 Å². The first-order valence-corrected chi connectivity index (χ1v) is 11.6. The first-order chi connectivity index (χ1) is 12.9. The molecular weight excluding hydrogens is 347 g/mol. The number of hydrogen-bond acceptors (Lipinski definition) is 1. The van der Waals surface area contributed by atoms with Crippen LogP contribution in [0.3, 0.4) is 0 Å². The quantitative estimate of drug-likeness (QED) is 0.433. The molecule has 0 saturated heterocycles. The van der Waals surface area contributed by atoms with Gasteiger partial charge in [-0.05, 0) is 29.2 Å². The van der Waals surface area contributed by atoms with Crippen LogP contribution in [-0.2, 0) is 4.57 Å². The van der Waals surface area contributed by atoms with Crippen molar-refractivity contribution in [3.05, 3.63) is 78.4 Å². The summed E-state index contributed by atoms with van der Waals surface area (Å²) in [6.45, 7) is 10.5. The Morgan fingerprint density at radius 3 is 1.89 bits per heavy atom. The molecule has 0 aliphatic heterocycles. The second-order valence-corrected chi connectivity index (χ2v) is 11.8. The van der Waals surface area contributed by atoms with Crippen LogP contribution in [0.1, 0.15) is 33.3 Å². The molecule has 0 unspecified atom stereocenters. The second kappa shape index (κ2) is 7.87. The first-order valence-electron chi connectivity index (χ1n) is 9.71. The highest BCUT2D eigenvalue weighted by Crippen LogP contribution is 2.55. The highest BCUT2D eigenvalue weighted by Gasteiger charge is 2.34. The number of aryl methyl sites for hydroxylation is 1. The minimum Gasteiger partial charge on any atom is -0.318 e. The van der Waals surface area contributed by atoms with Crippen molar-refractivity contribution in [2.75, 3.05) is 0 Å². The lowest BCUT2D eigenvalue weighted by Crippen LogP contribution is -2.21. The molecule has 0 radical (unpaired) electrons. The van der Waals surface area contributed by atoms with E-state index in [-0.39, 0.29) is 11.3 Å². The number of hydrogen-bond donors (Lipinski definition) is 0. The Morgan fingerprint density at radius 2 is 1.26 bits per heavy atom. The van der Waals surface area contributed by atoms with Gasteiger partial charge in [-0.25, -0.2) is 0 Å². The zero-order chi connectivity index (χ0) is 19.6. The molecule has 0 atom stereocenters. The minimum atomic E-state index is -2.54. The lowest BCUT2D eigenvalue weighted by molar-refractivity contribution is 0.569. The SMILES string of the molecule is Cc1ccc(-c2ccccc2P(=O)(C(C)C)C(C)C)c(-c2ccccc2)c1. The Hall–Kier alpha value is -2.11. The summed E-state index contributed by atoms with van der Waals surface area (Å²) in [7, 11) is -2.54. The van der Waals surface area contributed by atoms with Crippen LogP contribution in [0.2, 0.25) is 0 Å². The summed E-state index contributed by atoms with van der Waals surface area (Å²) in [6, 6.07) is 25.3. The van der Waals surface area contributed by atoms with Gasteiger partial charge in [0.25, 0.3) is 0 Å². The third-order valence-corrected chi connectivity index (χ3v) is 9.58. The Bertz CT molecular complexity index is 959. The van der Waals surface area contributed by atoms with Gasteiger partial charge in [0.1, 0.15) is 7.14 Å². The molecule has 0 amide bonds. The van der Waals surface area contributed by atoms with Crippen LogP contribution < -0.4 is 5.30 Å². The van der Waals surface area contributed by atoms with Crippen LogP contribution >= 0.6 is 7.14 Å². The molecule has 0 spiro atoms. The Kier molecular flexibility index (Phi) is 5.72. The summed E-state index contributed by atoms with van der Waals surface area (Å²) >= 11 is 0. The maximum Gasteiger partial charge on any atom is 0.121 e. The highest BCUT2D eigenvalue weighted by atomic mass is 31.2. The van der Waals surface area contributed by atoms with Crippen molar-refractivity contribution in [3.8, 4) is 22.3 Å². The topological polar surface area (TPSA) is 17.1 Å². The molecule has 140 valence electrons. The Morgan fingerprint density at radius 1 is 0.667 bits per heavy atom. The lowest BCUT2D eigenvalue weighted by atomic mass is 9.93. The molecule has 27 heavy (non-hydrogen) atoms. The van der Waals surface area contributed by atoms with Crippen molar-refractivity contribution in [1.82, 2.24) is 0 Å². The van der Waals surface area contributed by atoms with Gasteiger partial charge in [-0.2, -0.15) is 0 Å². The summed E-state index contributed by atoms with van der Waals surface area (Å²) in [5, 5.41) is 1.01. The van der Waals surface area contributed by atoms with E-state index in [2.05, 4.69) is 95.3 Å².